The Labute approximate surface area is 173 Å². The van der Waals surface area contributed by atoms with Gasteiger partial charge in [0.05, 0.1) is 0 Å². The van der Waals surface area contributed by atoms with Crippen LogP contribution in [0.15, 0.2) is 24.3 Å². The van der Waals surface area contributed by atoms with Crippen LogP contribution in [0, 0.1) is 0 Å². The van der Waals surface area contributed by atoms with Gasteiger partial charge in [-0.15, -0.1) is 10.2 Å². The highest BCUT2D eigenvalue weighted by Gasteiger charge is 2.23. The van der Waals surface area contributed by atoms with Crippen molar-refractivity contribution in [2.24, 2.45) is 0 Å². The zero-order chi connectivity index (χ0) is 19.8. The first-order valence-electron chi connectivity index (χ1n) is 10.8. The number of piperidine rings is 1. The van der Waals surface area contributed by atoms with Crippen LogP contribution in [0.2, 0.25) is 0 Å². The fourth-order valence-electron chi connectivity index (χ4n) is 3.88. The number of nitrogens with zero attached hydrogens (tertiary/aromatic N) is 3. The first-order valence-corrected chi connectivity index (χ1v) is 11.7. The second-order valence-electron chi connectivity index (χ2n) is 7.96. The van der Waals surface area contributed by atoms with Crippen LogP contribution in [0.25, 0.3) is 10.6 Å². The number of hydrogen-bond acceptors (Lipinski definition) is 5. The summed E-state index contributed by atoms with van der Waals surface area (Å²) < 4.78 is 0. The molecule has 152 valence electrons. The average Bonchev–Trinajstić information content (AvgIpc) is 3.21. The Balaban J connectivity index is 1.44. The maximum atomic E-state index is 11.4. The van der Waals surface area contributed by atoms with Crippen molar-refractivity contribution in [2.75, 3.05) is 19.6 Å². The van der Waals surface area contributed by atoms with Gasteiger partial charge < -0.3 is 4.90 Å². The van der Waals surface area contributed by atoms with Gasteiger partial charge in [-0.3, -0.25) is 4.79 Å². The number of carbonyl (C=O) groups excluding carboxylic acids is 1. The molecule has 1 fully saturated rings. The lowest BCUT2D eigenvalue weighted by molar-refractivity contribution is 0.101. The van der Waals surface area contributed by atoms with E-state index in [9.17, 15) is 4.79 Å². The molecule has 0 N–H and O–H groups in total. The van der Waals surface area contributed by atoms with Crippen LogP contribution in [0.1, 0.15) is 86.5 Å². The van der Waals surface area contributed by atoms with Gasteiger partial charge in [-0.25, -0.2) is 0 Å². The largest absolute Gasteiger partial charge is 0.303 e. The van der Waals surface area contributed by atoms with Crippen molar-refractivity contribution in [2.45, 2.75) is 71.1 Å². The van der Waals surface area contributed by atoms with Crippen molar-refractivity contribution in [1.29, 1.82) is 0 Å². The molecule has 2 heterocycles. The number of ketones is 1. The summed E-state index contributed by atoms with van der Waals surface area (Å²) in [5, 5.41) is 11.0. The van der Waals surface area contributed by atoms with Crippen LogP contribution < -0.4 is 0 Å². The minimum atomic E-state index is 0.0947. The van der Waals surface area contributed by atoms with Gasteiger partial charge in [0.2, 0.25) is 0 Å². The number of benzene rings is 1. The van der Waals surface area contributed by atoms with E-state index in [1.807, 2.05) is 24.3 Å². The molecule has 0 aliphatic carbocycles. The third-order valence-electron chi connectivity index (χ3n) is 5.74. The fourth-order valence-corrected chi connectivity index (χ4v) is 4.90. The monoisotopic (exact) mass is 399 g/mol. The maximum Gasteiger partial charge on any atom is 0.159 e. The molecule has 2 aromatic rings. The molecule has 0 atom stereocenters. The molecule has 1 aliphatic heterocycles. The van der Waals surface area contributed by atoms with Crippen molar-refractivity contribution >= 4 is 17.1 Å². The van der Waals surface area contributed by atoms with E-state index in [1.165, 1.54) is 76.0 Å². The zero-order valence-electron chi connectivity index (χ0n) is 17.3. The lowest BCUT2D eigenvalue weighted by atomic mass is 9.97. The highest BCUT2D eigenvalue weighted by molar-refractivity contribution is 7.14. The maximum absolute atomic E-state index is 11.4. The van der Waals surface area contributed by atoms with Crippen LogP contribution in [0.5, 0.6) is 0 Å². The molecule has 0 spiro atoms. The van der Waals surface area contributed by atoms with Crippen LogP contribution in [-0.2, 0) is 0 Å². The Morgan fingerprint density at radius 2 is 1.71 bits per heavy atom. The van der Waals surface area contributed by atoms with E-state index in [4.69, 9.17) is 0 Å². The molecule has 5 heteroatoms. The number of aromatic nitrogens is 2. The van der Waals surface area contributed by atoms with Gasteiger partial charge in [0.1, 0.15) is 10.0 Å². The molecule has 0 unspecified atom stereocenters. The molecule has 4 nitrogen and oxygen atoms in total. The van der Waals surface area contributed by atoms with Gasteiger partial charge in [-0.05, 0) is 45.8 Å². The van der Waals surface area contributed by atoms with E-state index in [1.54, 1.807) is 18.3 Å². The molecule has 0 radical (unpaired) electrons. The first kappa shape index (κ1) is 21.1. The normalized spacial score (nSPS) is 15.8. The Morgan fingerprint density at radius 3 is 2.39 bits per heavy atom. The minimum Gasteiger partial charge on any atom is -0.303 e. The fraction of sp³-hybridized carbons (Fsp3) is 0.609. The quantitative estimate of drug-likeness (QED) is 0.366. The molecule has 1 saturated heterocycles. The zero-order valence-corrected chi connectivity index (χ0v) is 18.1. The second kappa shape index (κ2) is 10.8. The standard InChI is InChI=1S/C23H33N3OS/c1-3-4-5-6-7-8-15-26-16-13-21(14-17-26)23-25-24-22(28-23)20-11-9-19(10-12-20)18(2)27/h9-12,21H,3-8,13-17H2,1-2H3. The van der Waals surface area contributed by atoms with Crippen molar-refractivity contribution in [1.82, 2.24) is 15.1 Å². The van der Waals surface area contributed by atoms with Crippen molar-refractivity contribution in [3.8, 4) is 10.6 Å². The lowest BCUT2D eigenvalue weighted by Gasteiger charge is -2.30. The van der Waals surface area contributed by atoms with E-state index in [0.29, 0.717) is 5.92 Å². The summed E-state index contributed by atoms with van der Waals surface area (Å²) in [6, 6.07) is 7.70. The average molecular weight is 400 g/mol. The molecule has 0 amide bonds. The first-order chi connectivity index (χ1) is 13.7. The number of likely N-dealkylation sites (tertiary alicyclic amines) is 1. The highest BCUT2D eigenvalue weighted by atomic mass is 32.1. The Morgan fingerprint density at radius 1 is 1.04 bits per heavy atom. The van der Waals surface area contributed by atoms with Crippen LogP contribution in [0.4, 0.5) is 0 Å². The van der Waals surface area contributed by atoms with E-state index in [2.05, 4.69) is 22.0 Å². The number of hydrogen-bond donors (Lipinski definition) is 0. The topological polar surface area (TPSA) is 46.1 Å². The van der Waals surface area contributed by atoms with Gasteiger partial charge in [-0.2, -0.15) is 0 Å². The molecule has 28 heavy (non-hydrogen) atoms. The Bertz CT molecular complexity index is 733. The summed E-state index contributed by atoms with van der Waals surface area (Å²) in [7, 11) is 0. The van der Waals surface area contributed by atoms with Gasteiger partial charge in [0, 0.05) is 17.0 Å². The summed E-state index contributed by atoms with van der Waals surface area (Å²) >= 11 is 1.71. The summed E-state index contributed by atoms with van der Waals surface area (Å²) in [6.07, 6.45) is 10.6. The summed E-state index contributed by atoms with van der Waals surface area (Å²) in [4.78, 5) is 14.0. The van der Waals surface area contributed by atoms with Crippen molar-refractivity contribution in [3.63, 3.8) is 0 Å². The molecular formula is C23H33N3OS. The summed E-state index contributed by atoms with van der Waals surface area (Å²) in [5.41, 5.74) is 1.79. The summed E-state index contributed by atoms with van der Waals surface area (Å²) in [6.45, 7) is 7.48. The van der Waals surface area contributed by atoms with Gasteiger partial charge >= 0.3 is 0 Å². The molecule has 1 aromatic heterocycles. The van der Waals surface area contributed by atoms with E-state index >= 15 is 0 Å². The van der Waals surface area contributed by atoms with Crippen LogP contribution >= 0.6 is 11.3 Å². The molecular weight excluding hydrogens is 366 g/mol. The molecule has 3 rings (SSSR count). The minimum absolute atomic E-state index is 0.0947. The summed E-state index contributed by atoms with van der Waals surface area (Å²) in [5.74, 6) is 0.640. The van der Waals surface area contributed by atoms with E-state index < -0.39 is 0 Å². The number of rotatable bonds is 10. The number of carbonyl (C=O) groups is 1. The predicted molar refractivity (Wildman–Crippen MR) is 117 cm³/mol. The molecule has 0 bridgehead atoms. The number of unbranched alkanes of at least 4 members (excludes halogenated alkanes) is 5. The molecule has 1 aromatic carbocycles. The van der Waals surface area contributed by atoms with Crippen LogP contribution in [-0.4, -0.2) is 40.5 Å². The Hall–Kier alpha value is -1.59. The van der Waals surface area contributed by atoms with Crippen molar-refractivity contribution < 1.29 is 4.79 Å². The van der Waals surface area contributed by atoms with Crippen molar-refractivity contribution in [3.05, 3.63) is 34.8 Å². The Kier molecular flexibility index (Phi) is 8.16. The smallest absolute Gasteiger partial charge is 0.159 e. The molecule has 0 saturated carbocycles. The second-order valence-corrected chi connectivity index (χ2v) is 8.97. The predicted octanol–water partition coefficient (Wildman–Crippen LogP) is 5.95. The van der Waals surface area contributed by atoms with Gasteiger partial charge in [-0.1, -0.05) is 74.6 Å². The van der Waals surface area contributed by atoms with E-state index in [-0.39, 0.29) is 5.78 Å². The van der Waals surface area contributed by atoms with Gasteiger partial charge in [0.15, 0.2) is 5.78 Å². The highest BCUT2D eigenvalue weighted by Crippen LogP contribution is 2.33. The number of Topliss-reactive ketones (excluding diaryl/α,β-unsaturated/α-hetero) is 1. The third-order valence-corrected chi connectivity index (χ3v) is 6.88. The lowest BCUT2D eigenvalue weighted by Crippen LogP contribution is -2.33. The van der Waals surface area contributed by atoms with Crippen LogP contribution in [0.3, 0.4) is 0 Å². The van der Waals surface area contributed by atoms with Gasteiger partial charge in [0.25, 0.3) is 0 Å². The third kappa shape index (κ3) is 5.95. The molecule has 1 aliphatic rings. The SMILES string of the molecule is CCCCCCCCN1CCC(c2nnc(-c3ccc(C(C)=O)cc3)s2)CC1. The van der Waals surface area contributed by atoms with E-state index in [0.717, 1.165) is 16.1 Å².